The molecule has 29 heavy (non-hydrogen) atoms. The van der Waals surface area contributed by atoms with Crippen molar-refractivity contribution < 1.29 is 27.9 Å². The summed E-state index contributed by atoms with van der Waals surface area (Å²) in [6, 6.07) is 10.1. The highest BCUT2D eigenvalue weighted by Crippen LogP contribution is 2.37. The van der Waals surface area contributed by atoms with E-state index < -0.39 is 11.5 Å². The van der Waals surface area contributed by atoms with Crippen LogP contribution in [0.5, 0.6) is 11.5 Å². The van der Waals surface area contributed by atoms with Crippen LogP contribution in [0.4, 0.5) is 14.5 Å². The number of halogens is 3. The third kappa shape index (κ3) is 5.40. The van der Waals surface area contributed by atoms with Crippen molar-refractivity contribution >= 4 is 21.6 Å². The van der Waals surface area contributed by atoms with Crippen LogP contribution in [-0.2, 0) is 11.3 Å². The molecule has 10 heteroatoms. The Labute approximate surface area is 174 Å². The lowest BCUT2D eigenvalue weighted by Gasteiger charge is -2.33. The minimum atomic E-state index is -3.11. The van der Waals surface area contributed by atoms with Crippen molar-refractivity contribution in [2.75, 3.05) is 26.8 Å². The Hall–Kier alpha value is -2.30. The maximum Gasteiger partial charge on any atom is 0.387 e. The monoisotopic (exact) mass is 472 g/mol. The molecule has 1 aliphatic heterocycles. The van der Waals surface area contributed by atoms with E-state index >= 15 is 0 Å². The number of nitro benzene ring substituents is 1. The number of morpholine rings is 1. The van der Waals surface area contributed by atoms with Gasteiger partial charge >= 0.3 is 6.61 Å². The Bertz CT molecular complexity index is 884. The summed E-state index contributed by atoms with van der Waals surface area (Å²) in [5.41, 5.74) is 1.05. The summed E-state index contributed by atoms with van der Waals surface area (Å²) in [4.78, 5) is 12.9. The maximum absolute atomic E-state index is 12.6. The van der Waals surface area contributed by atoms with Crippen LogP contribution in [0, 0.1) is 10.1 Å². The number of methoxy groups -OCH3 is 1. The highest BCUT2D eigenvalue weighted by Gasteiger charge is 2.27. The smallest absolute Gasteiger partial charge is 0.387 e. The van der Waals surface area contributed by atoms with Crippen LogP contribution in [0.1, 0.15) is 17.2 Å². The van der Waals surface area contributed by atoms with E-state index in [1.165, 1.54) is 13.2 Å². The molecule has 2 aromatic carbocycles. The molecule has 1 unspecified atom stereocenters. The van der Waals surface area contributed by atoms with E-state index in [0.29, 0.717) is 25.3 Å². The first-order valence-corrected chi connectivity index (χ1v) is 9.56. The third-order valence-corrected chi connectivity index (χ3v) is 5.04. The average Bonchev–Trinajstić information content (AvgIpc) is 2.68. The van der Waals surface area contributed by atoms with Crippen LogP contribution < -0.4 is 9.47 Å². The van der Waals surface area contributed by atoms with Crippen LogP contribution in [-0.4, -0.2) is 43.2 Å². The predicted octanol–water partition coefficient (Wildman–Crippen LogP) is 4.54. The first-order chi connectivity index (χ1) is 13.9. The Morgan fingerprint density at radius 1 is 1.34 bits per heavy atom. The lowest BCUT2D eigenvalue weighted by molar-refractivity contribution is -0.385. The van der Waals surface area contributed by atoms with Gasteiger partial charge in [0.2, 0.25) is 0 Å². The molecular formula is C19H19BrF2N2O5. The van der Waals surface area contributed by atoms with Crippen LogP contribution in [0.2, 0.25) is 0 Å². The molecule has 0 radical (unpaired) electrons. The van der Waals surface area contributed by atoms with Gasteiger partial charge in [0.1, 0.15) is 0 Å². The van der Waals surface area contributed by atoms with E-state index in [9.17, 15) is 18.9 Å². The summed E-state index contributed by atoms with van der Waals surface area (Å²) in [7, 11) is 1.29. The number of benzene rings is 2. The van der Waals surface area contributed by atoms with Crippen LogP contribution in [0.3, 0.4) is 0 Å². The van der Waals surface area contributed by atoms with Gasteiger partial charge in [0.15, 0.2) is 11.5 Å². The molecule has 0 N–H and O–H groups in total. The van der Waals surface area contributed by atoms with E-state index in [0.717, 1.165) is 16.1 Å². The molecule has 156 valence electrons. The average molecular weight is 473 g/mol. The standard InChI is InChI=1S/C19H19BrF2N2O5/c1-27-16-8-13(15(24(25)26)9-17(16)29-19(21)22)10-23-5-6-28-18(11-23)12-3-2-4-14(20)7-12/h2-4,7-9,18-19H,5-6,10-11H2,1H3. The molecule has 0 spiro atoms. The Morgan fingerprint density at radius 2 is 2.14 bits per heavy atom. The van der Waals surface area contributed by atoms with Gasteiger partial charge in [-0.25, -0.2) is 0 Å². The highest BCUT2D eigenvalue weighted by atomic mass is 79.9. The van der Waals surface area contributed by atoms with Crippen LogP contribution >= 0.6 is 15.9 Å². The lowest BCUT2D eigenvalue weighted by Crippen LogP contribution is -2.38. The molecule has 0 amide bonds. The van der Waals surface area contributed by atoms with Gasteiger partial charge in [0.05, 0.1) is 30.8 Å². The zero-order chi connectivity index (χ0) is 21.0. The zero-order valence-corrected chi connectivity index (χ0v) is 17.1. The summed E-state index contributed by atoms with van der Waals surface area (Å²) < 4.78 is 41.4. The lowest BCUT2D eigenvalue weighted by atomic mass is 10.1. The number of hydrogen-bond acceptors (Lipinski definition) is 6. The number of nitro groups is 1. The second-order valence-electron chi connectivity index (χ2n) is 6.42. The van der Waals surface area contributed by atoms with E-state index in [1.807, 2.05) is 29.2 Å². The van der Waals surface area contributed by atoms with Gasteiger partial charge in [0, 0.05) is 29.7 Å². The number of hydrogen-bond donors (Lipinski definition) is 0. The molecule has 0 bridgehead atoms. The number of rotatable bonds is 7. The number of nitrogens with zero attached hydrogens (tertiary/aromatic N) is 2. The van der Waals surface area contributed by atoms with Crippen molar-refractivity contribution in [2.45, 2.75) is 19.3 Å². The van der Waals surface area contributed by atoms with Crippen molar-refractivity contribution in [1.29, 1.82) is 0 Å². The maximum atomic E-state index is 12.6. The fourth-order valence-corrected chi connectivity index (χ4v) is 3.65. The predicted molar refractivity (Wildman–Crippen MR) is 104 cm³/mol. The number of ether oxygens (including phenoxy) is 3. The summed E-state index contributed by atoms with van der Waals surface area (Å²) in [5.74, 6) is -0.352. The first kappa shape index (κ1) is 21.4. The summed E-state index contributed by atoms with van der Waals surface area (Å²) in [6.45, 7) is -1.28. The second kappa shape index (κ2) is 9.47. The fourth-order valence-electron chi connectivity index (χ4n) is 3.23. The zero-order valence-electron chi connectivity index (χ0n) is 15.5. The van der Waals surface area contributed by atoms with Gasteiger partial charge in [-0.2, -0.15) is 8.78 Å². The quantitative estimate of drug-likeness (QED) is 0.434. The van der Waals surface area contributed by atoms with Gasteiger partial charge in [-0.15, -0.1) is 0 Å². The summed E-state index contributed by atoms with van der Waals surface area (Å²) in [6.07, 6.45) is -0.177. The molecule has 0 aliphatic carbocycles. The molecule has 1 aliphatic rings. The van der Waals surface area contributed by atoms with Crippen molar-refractivity contribution in [2.24, 2.45) is 0 Å². The molecule has 7 nitrogen and oxygen atoms in total. The van der Waals surface area contributed by atoms with Crippen LogP contribution in [0.25, 0.3) is 0 Å². The third-order valence-electron chi connectivity index (χ3n) is 4.54. The van der Waals surface area contributed by atoms with E-state index in [2.05, 4.69) is 20.7 Å². The van der Waals surface area contributed by atoms with Gasteiger partial charge in [-0.1, -0.05) is 28.1 Å². The molecule has 0 aromatic heterocycles. The second-order valence-corrected chi connectivity index (χ2v) is 7.33. The van der Waals surface area contributed by atoms with Gasteiger partial charge < -0.3 is 14.2 Å². The minimum Gasteiger partial charge on any atom is -0.493 e. The molecule has 1 saturated heterocycles. The summed E-state index contributed by atoms with van der Waals surface area (Å²) >= 11 is 3.44. The minimum absolute atomic E-state index is 0.0164. The molecule has 3 rings (SSSR count). The fraction of sp³-hybridized carbons (Fsp3) is 0.368. The van der Waals surface area contributed by atoms with Crippen LogP contribution in [0.15, 0.2) is 40.9 Å². The van der Waals surface area contributed by atoms with Gasteiger partial charge in [-0.05, 0) is 23.8 Å². The first-order valence-electron chi connectivity index (χ1n) is 8.77. The van der Waals surface area contributed by atoms with Gasteiger partial charge in [0.25, 0.3) is 5.69 Å². The van der Waals surface area contributed by atoms with Gasteiger partial charge in [-0.3, -0.25) is 15.0 Å². The Balaban J connectivity index is 1.83. The number of alkyl halides is 2. The van der Waals surface area contributed by atoms with E-state index in [1.54, 1.807) is 0 Å². The van der Waals surface area contributed by atoms with Crippen molar-refractivity contribution in [3.05, 3.63) is 62.1 Å². The van der Waals surface area contributed by atoms with Crippen molar-refractivity contribution in [3.8, 4) is 11.5 Å². The Morgan fingerprint density at radius 3 is 2.79 bits per heavy atom. The van der Waals surface area contributed by atoms with Crippen molar-refractivity contribution in [3.63, 3.8) is 0 Å². The molecule has 1 heterocycles. The Kier molecular flexibility index (Phi) is 6.99. The van der Waals surface area contributed by atoms with E-state index in [-0.39, 0.29) is 29.8 Å². The summed E-state index contributed by atoms with van der Waals surface area (Å²) in [5, 5.41) is 11.5. The highest BCUT2D eigenvalue weighted by molar-refractivity contribution is 9.10. The topological polar surface area (TPSA) is 74.1 Å². The SMILES string of the molecule is COc1cc(CN2CCOC(c3cccc(Br)c3)C2)c([N+](=O)[O-])cc1OC(F)F. The molecular weight excluding hydrogens is 454 g/mol. The molecule has 1 atom stereocenters. The van der Waals surface area contributed by atoms with Crippen molar-refractivity contribution in [1.82, 2.24) is 4.90 Å². The van der Waals surface area contributed by atoms with E-state index in [4.69, 9.17) is 9.47 Å². The molecule has 0 saturated carbocycles. The largest absolute Gasteiger partial charge is 0.493 e. The normalized spacial score (nSPS) is 17.3. The molecule has 2 aromatic rings. The molecule has 1 fully saturated rings.